The third kappa shape index (κ3) is 2.59. The summed E-state index contributed by atoms with van der Waals surface area (Å²) in [4.78, 5) is 14.7. The molecule has 0 atom stereocenters. The van der Waals surface area contributed by atoms with Crippen LogP contribution in [0.2, 0.25) is 5.28 Å². The Kier molecular flexibility index (Phi) is 3.76. The van der Waals surface area contributed by atoms with Crippen LogP contribution >= 0.6 is 11.6 Å². The summed E-state index contributed by atoms with van der Waals surface area (Å²) in [6.07, 6.45) is 3.43. The molecule has 0 spiro atoms. The van der Waals surface area contributed by atoms with E-state index >= 15 is 0 Å². The molecule has 18 heavy (non-hydrogen) atoms. The Morgan fingerprint density at radius 2 is 2.11 bits per heavy atom. The molecule has 2 heterocycles. The van der Waals surface area contributed by atoms with E-state index in [2.05, 4.69) is 33.9 Å². The summed E-state index contributed by atoms with van der Waals surface area (Å²) in [6, 6.07) is 2.09. The average molecular weight is 267 g/mol. The number of hydrogen-bond acceptors (Lipinski definition) is 5. The Balaban J connectivity index is 2.44. The normalized spacial score (nSPS) is 10.9. The number of anilines is 1. The number of rotatable bonds is 4. The highest BCUT2D eigenvalue weighted by Crippen LogP contribution is 2.15. The number of halogens is 1. The van der Waals surface area contributed by atoms with E-state index in [0.29, 0.717) is 17.9 Å². The van der Waals surface area contributed by atoms with Crippen molar-refractivity contribution < 1.29 is 0 Å². The minimum Gasteiger partial charge on any atom is -0.338 e. The van der Waals surface area contributed by atoms with Crippen LogP contribution in [0.3, 0.4) is 0 Å². The fourth-order valence-corrected chi connectivity index (χ4v) is 1.84. The van der Waals surface area contributed by atoms with Crippen LogP contribution in [0.1, 0.15) is 20.8 Å². The van der Waals surface area contributed by atoms with E-state index in [-0.39, 0.29) is 5.28 Å². The van der Waals surface area contributed by atoms with Gasteiger partial charge in [0, 0.05) is 25.0 Å². The van der Waals surface area contributed by atoms with Gasteiger partial charge in [-0.05, 0) is 38.4 Å². The van der Waals surface area contributed by atoms with Crippen LogP contribution in [0.5, 0.6) is 0 Å². The van der Waals surface area contributed by atoms with E-state index in [1.165, 1.54) is 0 Å². The van der Waals surface area contributed by atoms with Gasteiger partial charge in [0.25, 0.3) is 5.95 Å². The number of hydrogen-bond donors (Lipinski definition) is 0. The van der Waals surface area contributed by atoms with Gasteiger partial charge in [0.05, 0.1) is 0 Å². The molecule has 2 aromatic rings. The van der Waals surface area contributed by atoms with Crippen molar-refractivity contribution in [3.8, 4) is 5.95 Å². The molecule has 6 nitrogen and oxygen atoms in total. The Labute approximate surface area is 111 Å². The summed E-state index contributed by atoms with van der Waals surface area (Å²) in [6.45, 7) is 7.01. The van der Waals surface area contributed by atoms with Gasteiger partial charge in [-0.1, -0.05) is 0 Å². The van der Waals surface area contributed by atoms with Gasteiger partial charge in [-0.2, -0.15) is 20.1 Å². The minimum atomic E-state index is 0.171. The molecule has 0 saturated heterocycles. The highest BCUT2D eigenvalue weighted by Gasteiger charge is 2.15. The predicted molar refractivity (Wildman–Crippen MR) is 70.1 cm³/mol. The second-order valence-corrected chi connectivity index (χ2v) is 4.37. The summed E-state index contributed by atoms with van der Waals surface area (Å²) in [5, 5.41) is 4.26. The molecule has 0 radical (unpaired) electrons. The van der Waals surface area contributed by atoms with Crippen LogP contribution in [0.4, 0.5) is 5.95 Å². The van der Waals surface area contributed by atoms with Gasteiger partial charge in [0.15, 0.2) is 0 Å². The lowest BCUT2D eigenvalue weighted by Gasteiger charge is -2.25. The zero-order valence-electron chi connectivity index (χ0n) is 10.6. The van der Waals surface area contributed by atoms with E-state index in [4.69, 9.17) is 11.6 Å². The first-order valence-electron chi connectivity index (χ1n) is 5.80. The molecule has 0 fully saturated rings. The second-order valence-electron chi connectivity index (χ2n) is 4.03. The molecule has 0 saturated carbocycles. The van der Waals surface area contributed by atoms with Crippen molar-refractivity contribution in [1.29, 1.82) is 0 Å². The first kappa shape index (κ1) is 12.8. The maximum atomic E-state index is 5.94. The third-order valence-electron chi connectivity index (χ3n) is 2.51. The molecule has 0 bridgehead atoms. The minimum absolute atomic E-state index is 0.171. The predicted octanol–water partition coefficient (Wildman–Crippen LogP) is 1.95. The van der Waals surface area contributed by atoms with E-state index in [9.17, 15) is 0 Å². The zero-order chi connectivity index (χ0) is 13.1. The number of nitrogens with zero attached hydrogens (tertiary/aromatic N) is 6. The Bertz CT molecular complexity index is 510. The lowest BCUT2D eigenvalue weighted by molar-refractivity contribution is 0.670. The van der Waals surface area contributed by atoms with Crippen LogP contribution in [0, 0.1) is 0 Å². The molecule has 96 valence electrons. The van der Waals surface area contributed by atoms with E-state index in [1.54, 1.807) is 23.1 Å². The molecule has 7 heteroatoms. The highest BCUT2D eigenvalue weighted by molar-refractivity contribution is 6.28. The van der Waals surface area contributed by atoms with Crippen LogP contribution in [-0.4, -0.2) is 37.3 Å². The summed E-state index contributed by atoms with van der Waals surface area (Å²) < 4.78 is 1.56. The molecular formula is C11H15ClN6. The monoisotopic (exact) mass is 266 g/mol. The van der Waals surface area contributed by atoms with Gasteiger partial charge >= 0.3 is 0 Å². The van der Waals surface area contributed by atoms with E-state index < -0.39 is 0 Å². The van der Waals surface area contributed by atoms with Crippen LogP contribution in [-0.2, 0) is 0 Å². The quantitative estimate of drug-likeness (QED) is 0.846. The standard InChI is InChI=1S/C11H15ClN6/c1-4-17(8(2)3)10-14-9(12)15-11(16-10)18-7-5-6-13-18/h5-8H,4H2,1-3H3. The maximum Gasteiger partial charge on any atom is 0.256 e. The van der Waals surface area contributed by atoms with Crippen molar-refractivity contribution in [3.05, 3.63) is 23.7 Å². The summed E-state index contributed by atoms with van der Waals surface area (Å²) in [5.41, 5.74) is 0. The van der Waals surface area contributed by atoms with Gasteiger partial charge in [0.1, 0.15) is 0 Å². The summed E-state index contributed by atoms with van der Waals surface area (Å²) in [7, 11) is 0. The average Bonchev–Trinajstić information content (AvgIpc) is 2.82. The van der Waals surface area contributed by atoms with Gasteiger partial charge in [-0.15, -0.1) is 0 Å². The highest BCUT2D eigenvalue weighted by atomic mass is 35.5. The lowest BCUT2D eigenvalue weighted by atomic mass is 10.3. The van der Waals surface area contributed by atoms with E-state index in [1.807, 2.05) is 11.8 Å². The second kappa shape index (κ2) is 5.30. The van der Waals surface area contributed by atoms with Gasteiger partial charge in [-0.3, -0.25) is 0 Å². The van der Waals surface area contributed by atoms with Crippen LogP contribution in [0.15, 0.2) is 18.5 Å². The van der Waals surface area contributed by atoms with Crippen molar-refractivity contribution in [2.75, 3.05) is 11.4 Å². The van der Waals surface area contributed by atoms with Crippen molar-refractivity contribution in [2.24, 2.45) is 0 Å². The fraction of sp³-hybridized carbons (Fsp3) is 0.455. The zero-order valence-corrected chi connectivity index (χ0v) is 11.3. The first-order valence-corrected chi connectivity index (χ1v) is 6.18. The summed E-state index contributed by atoms with van der Waals surface area (Å²) >= 11 is 5.94. The SMILES string of the molecule is CCN(c1nc(Cl)nc(-n2cccn2)n1)C(C)C. The Hall–Kier alpha value is -1.69. The molecule has 0 unspecified atom stereocenters. The molecule has 0 N–H and O–H groups in total. The topological polar surface area (TPSA) is 59.7 Å². The molecule has 0 aliphatic carbocycles. The third-order valence-corrected chi connectivity index (χ3v) is 2.68. The van der Waals surface area contributed by atoms with Gasteiger partial charge in [-0.25, -0.2) is 4.68 Å². The molecule has 0 aliphatic heterocycles. The van der Waals surface area contributed by atoms with Crippen molar-refractivity contribution >= 4 is 17.5 Å². The molecule has 0 aromatic carbocycles. The molecular weight excluding hydrogens is 252 g/mol. The van der Waals surface area contributed by atoms with Crippen molar-refractivity contribution in [3.63, 3.8) is 0 Å². The van der Waals surface area contributed by atoms with Gasteiger partial charge < -0.3 is 4.90 Å². The largest absolute Gasteiger partial charge is 0.338 e. The van der Waals surface area contributed by atoms with E-state index in [0.717, 1.165) is 6.54 Å². The lowest BCUT2D eigenvalue weighted by Crippen LogP contribution is -2.32. The van der Waals surface area contributed by atoms with Crippen LogP contribution < -0.4 is 4.90 Å². The number of aromatic nitrogens is 5. The molecule has 2 aromatic heterocycles. The maximum absolute atomic E-state index is 5.94. The summed E-state index contributed by atoms with van der Waals surface area (Å²) in [5.74, 6) is 0.993. The smallest absolute Gasteiger partial charge is 0.256 e. The van der Waals surface area contributed by atoms with Crippen molar-refractivity contribution in [2.45, 2.75) is 26.8 Å². The van der Waals surface area contributed by atoms with Crippen molar-refractivity contribution in [1.82, 2.24) is 24.7 Å². The van der Waals surface area contributed by atoms with Gasteiger partial charge in [0.2, 0.25) is 11.2 Å². The Morgan fingerprint density at radius 3 is 2.67 bits per heavy atom. The molecule has 0 aliphatic rings. The van der Waals surface area contributed by atoms with Crippen LogP contribution in [0.25, 0.3) is 5.95 Å². The first-order chi connectivity index (χ1) is 8.61. The molecule has 2 rings (SSSR count). The molecule has 0 amide bonds. The fourth-order valence-electron chi connectivity index (χ4n) is 1.69. The Morgan fingerprint density at radius 1 is 1.33 bits per heavy atom.